The summed E-state index contributed by atoms with van der Waals surface area (Å²) in [5.74, 6) is -2.04. The lowest BCUT2D eigenvalue weighted by molar-refractivity contribution is -0.139. The highest BCUT2D eigenvalue weighted by molar-refractivity contribution is 6.16. The third-order valence-corrected chi connectivity index (χ3v) is 8.81. The Morgan fingerprint density at radius 3 is 1.98 bits per heavy atom. The lowest BCUT2D eigenvalue weighted by Gasteiger charge is -2.34. The highest BCUT2D eigenvalue weighted by Crippen LogP contribution is 2.45. The first-order chi connectivity index (χ1) is 24.3. The number of halogens is 1. The molecule has 0 aliphatic carbocycles. The maximum Gasteiger partial charge on any atom is 0.338 e. The minimum Gasteiger partial charge on any atom is -0.463 e. The first-order valence-electron chi connectivity index (χ1n) is 16.6. The molecule has 5 aromatic carbocycles. The molecule has 0 aromatic heterocycles. The predicted octanol–water partition coefficient (Wildman–Crippen LogP) is 8.23. The van der Waals surface area contributed by atoms with Gasteiger partial charge in [0.05, 0.1) is 18.2 Å². The number of anilines is 2. The lowest BCUT2D eigenvalue weighted by atomic mass is 9.96. The molecule has 0 saturated heterocycles. The highest BCUT2D eigenvalue weighted by Gasteiger charge is 2.49. The number of hydrogen-bond donors (Lipinski definition) is 1. The molecule has 50 heavy (non-hydrogen) atoms. The molecule has 5 aromatic rings. The third-order valence-electron chi connectivity index (χ3n) is 8.81. The van der Waals surface area contributed by atoms with Crippen molar-refractivity contribution in [1.29, 1.82) is 0 Å². The summed E-state index contributed by atoms with van der Waals surface area (Å²) in [6.07, 6.45) is 0. The van der Waals surface area contributed by atoms with Crippen LogP contribution in [0.1, 0.15) is 46.8 Å². The number of hydrogen-bond acceptors (Lipinski definition) is 5. The number of carbonyl (C=O) groups excluding carboxylic acids is 3. The fourth-order valence-electron chi connectivity index (χ4n) is 6.51. The number of nitrogens with one attached hydrogen (secondary N) is 1. The quantitative estimate of drug-likeness (QED) is 0.144. The van der Waals surface area contributed by atoms with Crippen LogP contribution in [0.2, 0.25) is 0 Å². The summed E-state index contributed by atoms with van der Waals surface area (Å²) in [4.78, 5) is 47.4. The fraction of sp³-hybridized carbons (Fsp3) is 0.167. The topological polar surface area (TPSA) is 79.0 Å². The molecule has 0 fully saturated rings. The van der Waals surface area contributed by atoms with Gasteiger partial charge in [-0.1, -0.05) is 109 Å². The molecule has 1 aliphatic heterocycles. The van der Waals surface area contributed by atoms with Crippen LogP contribution < -0.4 is 10.2 Å². The number of benzene rings is 5. The van der Waals surface area contributed by atoms with Crippen molar-refractivity contribution in [2.24, 2.45) is 0 Å². The predicted molar refractivity (Wildman–Crippen MR) is 192 cm³/mol. The zero-order valence-electron chi connectivity index (χ0n) is 28.2. The number of carbonyl (C=O) groups is 3. The number of nitrogens with zero attached hydrogens (tertiary/aromatic N) is 2. The Labute approximate surface area is 291 Å². The van der Waals surface area contributed by atoms with E-state index in [1.165, 1.54) is 17.0 Å². The molecule has 1 heterocycles. The smallest absolute Gasteiger partial charge is 0.338 e. The number of amides is 2. The van der Waals surface area contributed by atoms with Crippen LogP contribution >= 0.6 is 0 Å². The van der Waals surface area contributed by atoms with E-state index in [1.807, 2.05) is 98.8 Å². The summed E-state index contributed by atoms with van der Waals surface area (Å²) in [5.41, 5.74) is 4.99. The Morgan fingerprint density at radius 1 is 0.800 bits per heavy atom. The van der Waals surface area contributed by atoms with Gasteiger partial charge < -0.3 is 15.0 Å². The maximum absolute atomic E-state index is 15.1. The number of rotatable bonds is 11. The van der Waals surface area contributed by atoms with Gasteiger partial charge in [-0.05, 0) is 72.9 Å². The van der Waals surface area contributed by atoms with E-state index in [-0.39, 0.29) is 30.3 Å². The van der Waals surface area contributed by atoms with Gasteiger partial charge in [0.1, 0.15) is 17.6 Å². The van der Waals surface area contributed by atoms with Crippen molar-refractivity contribution >= 4 is 29.2 Å². The van der Waals surface area contributed by atoms with Crippen LogP contribution in [0.25, 0.3) is 0 Å². The fourth-order valence-corrected chi connectivity index (χ4v) is 6.51. The van der Waals surface area contributed by atoms with Crippen LogP contribution in [0.3, 0.4) is 0 Å². The molecule has 252 valence electrons. The molecular formula is C42H38FN3O4. The van der Waals surface area contributed by atoms with E-state index in [0.717, 1.165) is 16.7 Å². The van der Waals surface area contributed by atoms with Crippen molar-refractivity contribution in [2.45, 2.75) is 39.4 Å². The van der Waals surface area contributed by atoms with Gasteiger partial charge in [0, 0.05) is 17.9 Å². The molecule has 8 heteroatoms. The van der Waals surface area contributed by atoms with E-state index in [2.05, 4.69) is 5.32 Å². The highest BCUT2D eigenvalue weighted by atomic mass is 19.1. The van der Waals surface area contributed by atoms with Crippen molar-refractivity contribution in [3.05, 3.63) is 178 Å². The van der Waals surface area contributed by atoms with Gasteiger partial charge >= 0.3 is 5.97 Å². The maximum atomic E-state index is 15.1. The number of aryl methyl sites for hydroxylation is 2. The van der Waals surface area contributed by atoms with Gasteiger partial charge in [0.15, 0.2) is 0 Å². The Hall–Kier alpha value is -6.02. The second-order valence-electron chi connectivity index (χ2n) is 12.1. The van der Waals surface area contributed by atoms with Crippen molar-refractivity contribution in [2.75, 3.05) is 16.8 Å². The van der Waals surface area contributed by atoms with E-state index in [1.54, 1.807) is 48.2 Å². The number of para-hydroxylation sites is 2. The van der Waals surface area contributed by atoms with Crippen molar-refractivity contribution < 1.29 is 23.5 Å². The SMILES string of the molecule is CCOC(=O)C1=C(N(Cc2ccccc2)C(C(=O)Nc2c(C)cccc2C)c2ccccc2)C(=O)N(c2ccccc2)C1c1ccc(F)cc1. The van der Waals surface area contributed by atoms with Crippen molar-refractivity contribution in [3.63, 3.8) is 0 Å². The Bertz CT molecular complexity index is 2000. The van der Waals surface area contributed by atoms with Gasteiger partial charge in [-0.25, -0.2) is 9.18 Å². The average molecular weight is 668 g/mol. The van der Waals surface area contributed by atoms with Crippen LogP contribution in [0.15, 0.2) is 145 Å². The number of esters is 1. The molecule has 0 spiro atoms. The lowest BCUT2D eigenvalue weighted by Crippen LogP contribution is -2.40. The van der Waals surface area contributed by atoms with Crippen LogP contribution in [-0.4, -0.2) is 29.3 Å². The van der Waals surface area contributed by atoms with Crippen LogP contribution in [-0.2, 0) is 25.7 Å². The third kappa shape index (κ3) is 6.91. The van der Waals surface area contributed by atoms with Crippen molar-refractivity contribution in [3.8, 4) is 0 Å². The molecule has 2 amide bonds. The Morgan fingerprint density at radius 2 is 1.38 bits per heavy atom. The molecule has 0 radical (unpaired) electrons. The number of ether oxygens (including phenoxy) is 1. The summed E-state index contributed by atoms with van der Waals surface area (Å²) in [6.45, 7) is 5.70. The molecule has 2 atom stereocenters. The molecule has 0 saturated carbocycles. The summed E-state index contributed by atoms with van der Waals surface area (Å²) >= 11 is 0. The molecule has 6 rings (SSSR count). The van der Waals surface area contributed by atoms with E-state index in [9.17, 15) is 14.0 Å². The normalized spacial score (nSPS) is 14.8. The average Bonchev–Trinajstić information content (AvgIpc) is 3.43. The van der Waals surface area contributed by atoms with Gasteiger partial charge in [-0.15, -0.1) is 0 Å². The summed E-state index contributed by atoms with van der Waals surface area (Å²) in [7, 11) is 0. The monoisotopic (exact) mass is 667 g/mol. The van der Waals surface area contributed by atoms with E-state index in [0.29, 0.717) is 22.5 Å². The zero-order chi connectivity index (χ0) is 35.2. The molecule has 2 unspecified atom stereocenters. The largest absolute Gasteiger partial charge is 0.463 e. The van der Waals surface area contributed by atoms with Crippen LogP contribution in [0, 0.1) is 19.7 Å². The second kappa shape index (κ2) is 15.0. The van der Waals surface area contributed by atoms with Gasteiger partial charge in [0.2, 0.25) is 0 Å². The van der Waals surface area contributed by atoms with Gasteiger partial charge in [-0.2, -0.15) is 0 Å². The molecular weight excluding hydrogens is 629 g/mol. The molecule has 1 aliphatic rings. The zero-order valence-corrected chi connectivity index (χ0v) is 28.2. The summed E-state index contributed by atoms with van der Waals surface area (Å²) in [6, 6.07) is 37.2. The van der Waals surface area contributed by atoms with E-state index < -0.39 is 29.8 Å². The van der Waals surface area contributed by atoms with Gasteiger partial charge in [0.25, 0.3) is 11.8 Å². The van der Waals surface area contributed by atoms with E-state index >= 15 is 4.79 Å². The minimum absolute atomic E-state index is 0.0241. The van der Waals surface area contributed by atoms with Crippen LogP contribution in [0.4, 0.5) is 15.8 Å². The van der Waals surface area contributed by atoms with Crippen LogP contribution in [0.5, 0.6) is 0 Å². The Kier molecular flexibility index (Phi) is 10.2. The standard InChI is InChI=1S/C42H38FN3O4/c1-4-50-42(49)35-37(32-23-25-33(43)26-24-32)46(34-21-12-7-13-22-34)41(48)39(35)45(27-30-17-8-5-9-18-30)38(31-19-10-6-11-20-31)40(47)44-36-28(2)15-14-16-29(36)3/h5-26,37-38H,4,27H2,1-3H3,(H,44,47). The summed E-state index contributed by atoms with van der Waals surface area (Å²) in [5, 5.41) is 3.16. The van der Waals surface area contributed by atoms with Gasteiger partial charge in [-0.3, -0.25) is 14.5 Å². The molecule has 7 nitrogen and oxygen atoms in total. The Balaban J connectivity index is 1.63. The minimum atomic E-state index is -1.07. The summed E-state index contributed by atoms with van der Waals surface area (Å²) < 4.78 is 19.9. The first kappa shape index (κ1) is 33.9. The molecule has 0 bridgehead atoms. The van der Waals surface area contributed by atoms with E-state index in [4.69, 9.17) is 4.74 Å². The first-order valence-corrected chi connectivity index (χ1v) is 16.6. The van der Waals surface area contributed by atoms with Crippen molar-refractivity contribution in [1.82, 2.24) is 4.90 Å². The molecule has 1 N–H and O–H groups in total. The second-order valence-corrected chi connectivity index (χ2v) is 12.1.